The first-order valence-electron chi connectivity index (χ1n) is 11.0. The van der Waals surface area contributed by atoms with Crippen LogP contribution in [0.2, 0.25) is 0 Å². The molecule has 166 valence electrons. The molecule has 0 heterocycles. The summed E-state index contributed by atoms with van der Waals surface area (Å²) < 4.78 is 6.78. The molecular weight excluding hydrogens is 456 g/mol. The Hall–Kier alpha value is -2.34. The van der Waals surface area contributed by atoms with Crippen LogP contribution in [0.4, 0.5) is 0 Å². The largest absolute Gasteiger partial charge is 0.484 e. The van der Waals surface area contributed by atoms with Crippen LogP contribution in [0.25, 0.3) is 0 Å². The van der Waals surface area contributed by atoms with Crippen molar-refractivity contribution in [1.29, 1.82) is 0 Å². The van der Waals surface area contributed by atoms with Crippen LogP contribution in [-0.4, -0.2) is 35.4 Å². The molecular formula is C25H31BrN2O3. The first-order chi connectivity index (χ1) is 15.0. The van der Waals surface area contributed by atoms with Crippen molar-refractivity contribution in [2.45, 2.75) is 64.6 Å². The van der Waals surface area contributed by atoms with Gasteiger partial charge in [0, 0.05) is 17.1 Å². The lowest BCUT2D eigenvalue weighted by Crippen LogP contribution is -2.52. The van der Waals surface area contributed by atoms with Crippen molar-refractivity contribution in [2.24, 2.45) is 0 Å². The van der Waals surface area contributed by atoms with Gasteiger partial charge in [0.1, 0.15) is 11.8 Å². The molecule has 1 N–H and O–H groups in total. The number of aryl methyl sites for hydroxylation is 1. The predicted molar refractivity (Wildman–Crippen MR) is 126 cm³/mol. The Morgan fingerprint density at radius 1 is 1.16 bits per heavy atom. The van der Waals surface area contributed by atoms with Crippen molar-refractivity contribution < 1.29 is 14.3 Å². The van der Waals surface area contributed by atoms with E-state index in [9.17, 15) is 9.59 Å². The van der Waals surface area contributed by atoms with Gasteiger partial charge in [-0.1, -0.05) is 66.0 Å². The molecule has 2 aromatic carbocycles. The number of rotatable bonds is 9. The molecule has 2 aromatic rings. The van der Waals surface area contributed by atoms with E-state index in [-0.39, 0.29) is 24.5 Å². The smallest absolute Gasteiger partial charge is 0.261 e. The van der Waals surface area contributed by atoms with Gasteiger partial charge in [-0.2, -0.15) is 0 Å². The lowest BCUT2D eigenvalue weighted by atomic mass is 10.1. The number of amides is 2. The normalized spacial score (nSPS) is 14.8. The second-order valence-corrected chi connectivity index (χ2v) is 8.98. The first kappa shape index (κ1) is 23.3. The third-order valence-corrected chi connectivity index (χ3v) is 6.66. The molecule has 1 aliphatic rings. The monoisotopic (exact) mass is 486 g/mol. The van der Waals surface area contributed by atoms with E-state index in [0.29, 0.717) is 18.7 Å². The molecule has 0 radical (unpaired) electrons. The molecule has 0 saturated heterocycles. The minimum absolute atomic E-state index is 0.0711. The van der Waals surface area contributed by atoms with Crippen molar-refractivity contribution >= 4 is 27.7 Å². The van der Waals surface area contributed by atoms with E-state index in [2.05, 4.69) is 21.2 Å². The number of hydrogen-bond acceptors (Lipinski definition) is 3. The quantitative estimate of drug-likeness (QED) is 0.542. The zero-order valence-electron chi connectivity index (χ0n) is 18.3. The van der Waals surface area contributed by atoms with Gasteiger partial charge in [-0.25, -0.2) is 0 Å². The zero-order valence-corrected chi connectivity index (χ0v) is 19.9. The fraction of sp³-hybridized carbons (Fsp3) is 0.440. The lowest BCUT2D eigenvalue weighted by Gasteiger charge is -2.31. The number of ether oxygens (including phenoxy) is 1. The van der Waals surface area contributed by atoms with E-state index < -0.39 is 6.04 Å². The minimum Gasteiger partial charge on any atom is -0.484 e. The molecule has 0 aliphatic heterocycles. The number of nitrogens with zero attached hydrogens (tertiary/aromatic N) is 1. The van der Waals surface area contributed by atoms with E-state index in [0.717, 1.165) is 41.3 Å². The summed E-state index contributed by atoms with van der Waals surface area (Å²) in [7, 11) is 0. The standard InChI is InChI=1S/C25H31BrN2O3/c1-3-23(25(30)27-20-11-7-8-12-20)28(16-19-9-5-4-6-10-19)24(29)17-31-21-13-14-22(26)18(2)15-21/h4-6,9-10,13-15,20,23H,3,7-8,11-12,16-17H2,1-2H3,(H,27,30)/t23-/m0/s1. The Labute approximate surface area is 193 Å². The van der Waals surface area contributed by atoms with E-state index in [1.165, 1.54) is 0 Å². The van der Waals surface area contributed by atoms with Crippen LogP contribution in [0.1, 0.15) is 50.2 Å². The van der Waals surface area contributed by atoms with Crippen molar-refractivity contribution in [3.63, 3.8) is 0 Å². The summed E-state index contributed by atoms with van der Waals surface area (Å²) in [5.41, 5.74) is 2.02. The number of carbonyl (C=O) groups is 2. The molecule has 0 spiro atoms. The maximum atomic E-state index is 13.2. The summed E-state index contributed by atoms with van der Waals surface area (Å²) in [5.74, 6) is 0.369. The van der Waals surface area contributed by atoms with Gasteiger partial charge in [0.05, 0.1) is 0 Å². The molecule has 1 atom stereocenters. The van der Waals surface area contributed by atoms with Crippen LogP contribution >= 0.6 is 15.9 Å². The van der Waals surface area contributed by atoms with Crippen LogP contribution in [0, 0.1) is 6.92 Å². The highest BCUT2D eigenvalue weighted by atomic mass is 79.9. The van der Waals surface area contributed by atoms with E-state index >= 15 is 0 Å². The molecule has 31 heavy (non-hydrogen) atoms. The molecule has 0 aromatic heterocycles. The molecule has 2 amide bonds. The van der Waals surface area contributed by atoms with Crippen LogP contribution in [0.15, 0.2) is 53.0 Å². The molecule has 6 heteroatoms. The van der Waals surface area contributed by atoms with E-state index in [4.69, 9.17) is 4.74 Å². The number of nitrogens with one attached hydrogen (secondary N) is 1. The molecule has 3 rings (SSSR count). The highest BCUT2D eigenvalue weighted by molar-refractivity contribution is 9.10. The van der Waals surface area contributed by atoms with Gasteiger partial charge >= 0.3 is 0 Å². The Morgan fingerprint density at radius 3 is 2.52 bits per heavy atom. The second-order valence-electron chi connectivity index (χ2n) is 8.12. The van der Waals surface area contributed by atoms with Crippen molar-refractivity contribution in [1.82, 2.24) is 10.2 Å². The van der Waals surface area contributed by atoms with Crippen LogP contribution in [0.3, 0.4) is 0 Å². The minimum atomic E-state index is -0.524. The summed E-state index contributed by atoms with van der Waals surface area (Å²) in [6.07, 6.45) is 4.87. The van der Waals surface area contributed by atoms with Crippen LogP contribution in [0.5, 0.6) is 5.75 Å². The SMILES string of the molecule is CC[C@@H](C(=O)NC1CCCC1)N(Cc1ccccc1)C(=O)COc1ccc(Br)c(C)c1. The van der Waals surface area contributed by atoms with Gasteiger partial charge in [-0.05, 0) is 55.5 Å². The summed E-state index contributed by atoms with van der Waals surface area (Å²) in [4.78, 5) is 28.0. The fourth-order valence-electron chi connectivity index (χ4n) is 4.00. The number of benzene rings is 2. The van der Waals surface area contributed by atoms with Crippen molar-refractivity contribution in [3.05, 3.63) is 64.1 Å². The topological polar surface area (TPSA) is 58.6 Å². The number of halogens is 1. The van der Waals surface area contributed by atoms with Gasteiger partial charge in [-0.15, -0.1) is 0 Å². The first-order valence-corrected chi connectivity index (χ1v) is 11.8. The van der Waals surface area contributed by atoms with E-state index in [1.54, 1.807) is 4.90 Å². The molecule has 1 fully saturated rings. The third kappa shape index (κ3) is 6.57. The maximum absolute atomic E-state index is 13.2. The van der Waals surface area contributed by atoms with Crippen molar-refractivity contribution in [3.8, 4) is 5.75 Å². The molecule has 0 bridgehead atoms. The molecule has 5 nitrogen and oxygen atoms in total. The van der Waals surface area contributed by atoms with Gasteiger partial charge in [0.15, 0.2) is 6.61 Å². The van der Waals surface area contributed by atoms with Crippen molar-refractivity contribution in [2.75, 3.05) is 6.61 Å². The summed E-state index contributed by atoms with van der Waals surface area (Å²) in [5, 5.41) is 3.16. The summed E-state index contributed by atoms with van der Waals surface area (Å²) >= 11 is 3.47. The average Bonchev–Trinajstić information content (AvgIpc) is 3.28. The average molecular weight is 487 g/mol. The fourth-order valence-corrected chi connectivity index (χ4v) is 4.25. The number of carbonyl (C=O) groups excluding carboxylic acids is 2. The lowest BCUT2D eigenvalue weighted by molar-refractivity contribution is -0.143. The van der Waals surface area contributed by atoms with E-state index in [1.807, 2.05) is 62.4 Å². The zero-order chi connectivity index (χ0) is 22.2. The van der Waals surface area contributed by atoms with Gasteiger partial charge in [-0.3, -0.25) is 9.59 Å². The molecule has 0 unspecified atom stereocenters. The van der Waals surface area contributed by atoms with Gasteiger partial charge < -0.3 is 15.0 Å². The Balaban J connectivity index is 1.73. The van der Waals surface area contributed by atoms with Gasteiger partial charge in [0.2, 0.25) is 5.91 Å². The third-order valence-electron chi connectivity index (χ3n) is 5.77. The highest BCUT2D eigenvalue weighted by Gasteiger charge is 2.30. The highest BCUT2D eigenvalue weighted by Crippen LogP contribution is 2.22. The molecule has 1 saturated carbocycles. The Bertz CT molecular complexity index is 882. The van der Waals surface area contributed by atoms with Crippen LogP contribution in [-0.2, 0) is 16.1 Å². The van der Waals surface area contributed by atoms with Gasteiger partial charge in [0.25, 0.3) is 5.91 Å². The molecule has 1 aliphatic carbocycles. The van der Waals surface area contributed by atoms with Crippen LogP contribution < -0.4 is 10.1 Å². The Kier molecular flexibility index (Phi) is 8.52. The Morgan fingerprint density at radius 2 is 1.87 bits per heavy atom. The summed E-state index contributed by atoms with van der Waals surface area (Å²) in [6.45, 7) is 4.18. The maximum Gasteiger partial charge on any atom is 0.261 e. The second kappa shape index (κ2) is 11.3. The predicted octanol–water partition coefficient (Wildman–Crippen LogP) is 5.00. The summed E-state index contributed by atoms with van der Waals surface area (Å²) in [6, 6.07) is 15.1. The number of hydrogen-bond donors (Lipinski definition) is 1.